The number of rotatable bonds is 3. The number of ketones is 1. The Labute approximate surface area is 112 Å². The third-order valence-corrected chi connectivity index (χ3v) is 3.85. The average Bonchev–Trinajstić information content (AvgIpc) is 2.39. The molecular formula is C14H18ClNO2. The minimum atomic E-state index is -0.461. The van der Waals surface area contributed by atoms with Crippen LogP contribution in [-0.4, -0.2) is 25.0 Å². The smallest absolute Gasteiger partial charge is 0.182 e. The monoisotopic (exact) mass is 267 g/mol. The average molecular weight is 268 g/mol. The van der Waals surface area contributed by atoms with Crippen LogP contribution in [-0.2, 0) is 0 Å². The fraction of sp³-hybridized carbons (Fsp3) is 0.500. The number of carbonyl (C=O) groups excluding carboxylic acids is 1. The quantitative estimate of drug-likeness (QED) is 0.856. The van der Waals surface area contributed by atoms with Gasteiger partial charge in [0, 0.05) is 5.56 Å². The maximum atomic E-state index is 12.5. The van der Waals surface area contributed by atoms with Gasteiger partial charge in [-0.25, -0.2) is 0 Å². The van der Waals surface area contributed by atoms with Crippen molar-refractivity contribution in [3.8, 4) is 5.75 Å². The van der Waals surface area contributed by atoms with E-state index in [1.807, 2.05) is 6.92 Å². The largest absolute Gasteiger partial charge is 0.495 e. The second kappa shape index (κ2) is 5.29. The van der Waals surface area contributed by atoms with Crippen molar-refractivity contribution in [1.82, 2.24) is 5.32 Å². The summed E-state index contributed by atoms with van der Waals surface area (Å²) >= 11 is 5.97. The molecule has 1 unspecified atom stereocenters. The van der Waals surface area contributed by atoms with Gasteiger partial charge in [-0.1, -0.05) is 11.6 Å². The lowest BCUT2D eigenvalue weighted by Gasteiger charge is -2.33. The molecule has 1 heterocycles. The van der Waals surface area contributed by atoms with Crippen LogP contribution in [0.1, 0.15) is 36.5 Å². The molecule has 1 aromatic carbocycles. The fourth-order valence-corrected chi connectivity index (χ4v) is 2.56. The van der Waals surface area contributed by atoms with Crippen LogP contribution in [0.2, 0.25) is 5.02 Å². The van der Waals surface area contributed by atoms with E-state index in [1.165, 1.54) is 0 Å². The molecule has 4 heteroatoms. The van der Waals surface area contributed by atoms with Crippen LogP contribution in [0.3, 0.4) is 0 Å². The van der Waals surface area contributed by atoms with Crippen LogP contribution < -0.4 is 10.1 Å². The Morgan fingerprint density at radius 1 is 1.44 bits per heavy atom. The summed E-state index contributed by atoms with van der Waals surface area (Å²) in [4.78, 5) is 12.5. The Kier molecular flexibility index (Phi) is 3.93. The lowest BCUT2D eigenvalue weighted by atomic mass is 9.84. The molecule has 0 amide bonds. The number of benzene rings is 1. The first kappa shape index (κ1) is 13.4. The molecule has 1 saturated heterocycles. The molecule has 0 aliphatic carbocycles. The maximum absolute atomic E-state index is 12.5. The molecule has 1 N–H and O–H groups in total. The summed E-state index contributed by atoms with van der Waals surface area (Å²) in [6.07, 6.45) is 3.09. The summed E-state index contributed by atoms with van der Waals surface area (Å²) in [5.41, 5.74) is 0.185. The summed E-state index contributed by atoms with van der Waals surface area (Å²) in [5.74, 6) is 0.652. The lowest BCUT2D eigenvalue weighted by Crippen LogP contribution is -2.52. The van der Waals surface area contributed by atoms with Crippen molar-refractivity contribution in [2.24, 2.45) is 0 Å². The molecule has 1 aromatic rings. The number of nitrogens with one attached hydrogen (secondary N) is 1. The Balaban J connectivity index is 2.27. The van der Waals surface area contributed by atoms with Crippen molar-refractivity contribution in [2.75, 3.05) is 13.7 Å². The molecule has 1 atom stereocenters. The molecule has 1 aliphatic rings. The molecule has 18 heavy (non-hydrogen) atoms. The Morgan fingerprint density at radius 3 is 2.83 bits per heavy atom. The van der Waals surface area contributed by atoms with E-state index in [2.05, 4.69) is 5.32 Å². The second-order valence-corrected chi connectivity index (χ2v) is 5.30. The minimum Gasteiger partial charge on any atom is -0.495 e. The molecule has 0 bridgehead atoms. The van der Waals surface area contributed by atoms with Crippen molar-refractivity contribution in [3.05, 3.63) is 28.8 Å². The van der Waals surface area contributed by atoms with Gasteiger partial charge in [-0.3, -0.25) is 4.79 Å². The fourth-order valence-electron chi connectivity index (χ4n) is 2.37. The summed E-state index contributed by atoms with van der Waals surface area (Å²) < 4.78 is 5.15. The summed E-state index contributed by atoms with van der Waals surface area (Å²) in [5, 5.41) is 3.85. The minimum absolute atomic E-state index is 0.108. The predicted octanol–water partition coefficient (Wildman–Crippen LogP) is 3.06. The first-order valence-electron chi connectivity index (χ1n) is 6.20. The van der Waals surface area contributed by atoms with E-state index < -0.39 is 5.54 Å². The Hall–Kier alpha value is -1.06. The Morgan fingerprint density at radius 2 is 2.22 bits per heavy atom. The zero-order valence-electron chi connectivity index (χ0n) is 10.8. The van der Waals surface area contributed by atoms with Crippen LogP contribution in [0.5, 0.6) is 5.75 Å². The lowest BCUT2D eigenvalue weighted by molar-refractivity contribution is 0.0834. The highest BCUT2D eigenvalue weighted by Gasteiger charge is 2.34. The molecule has 1 aliphatic heterocycles. The van der Waals surface area contributed by atoms with Gasteiger partial charge < -0.3 is 10.1 Å². The summed E-state index contributed by atoms with van der Waals surface area (Å²) in [6, 6.07) is 5.18. The molecule has 0 saturated carbocycles. The normalized spacial score (nSPS) is 23.7. The number of methoxy groups -OCH3 is 1. The van der Waals surface area contributed by atoms with Crippen LogP contribution in [0, 0.1) is 0 Å². The number of ether oxygens (including phenoxy) is 1. The number of carbonyl (C=O) groups is 1. The van der Waals surface area contributed by atoms with Crippen LogP contribution in [0.15, 0.2) is 18.2 Å². The second-order valence-electron chi connectivity index (χ2n) is 4.89. The molecule has 98 valence electrons. The van der Waals surface area contributed by atoms with Gasteiger partial charge in [0.05, 0.1) is 17.7 Å². The van der Waals surface area contributed by atoms with Crippen molar-refractivity contribution in [3.63, 3.8) is 0 Å². The maximum Gasteiger partial charge on any atom is 0.182 e. The van der Waals surface area contributed by atoms with Gasteiger partial charge in [-0.15, -0.1) is 0 Å². The molecule has 0 aromatic heterocycles. The zero-order chi connectivity index (χ0) is 13.2. The van der Waals surface area contributed by atoms with Gasteiger partial charge in [0.2, 0.25) is 0 Å². The van der Waals surface area contributed by atoms with E-state index >= 15 is 0 Å². The standard InChI is InChI=1S/C14H18ClNO2/c1-14(7-3-4-8-16-14)13(17)10-5-6-11(15)12(9-10)18-2/h5-6,9,16H,3-4,7-8H2,1-2H3. The van der Waals surface area contributed by atoms with E-state index in [9.17, 15) is 4.79 Å². The number of halogens is 1. The summed E-state index contributed by atoms with van der Waals surface area (Å²) in [7, 11) is 1.55. The topological polar surface area (TPSA) is 38.3 Å². The molecule has 0 spiro atoms. The number of hydrogen-bond acceptors (Lipinski definition) is 3. The van der Waals surface area contributed by atoms with Crippen molar-refractivity contribution in [1.29, 1.82) is 0 Å². The molecule has 0 radical (unpaired) electrons. The van der Waals surface area contributed by atoms with Crippen LogP contribution in [0.4, 0.5) is 0 Å². The first-order valence-corrected chi connectivity index (χ1v) is 6.58. The van der Waals surface area contributed by atoms with E-state index in [0.29, 0.717) is 16.3 Å². The first-order chi connectivity index (χ1) is 8.57. The van der Waals surface area contributed by atoms with Gasteiger partial charge in [0.1, 0.15) is 5.75 Å². The SMILES string of the molecule is COc1cc(C(=O)C2(C)CCCCN2)ccc1Cl. The van der Waals surface area contributed by atoms with Crippen molar-refractivity contribution in [2.45, 2.75) is 31.7 Å². The highest BCUT2D eigenvalue weighted by molar-refractivity contribution is 6.32. The van der Waals surface area contributed by atoms with Gasteiger partial charge in [0.25, 0.3) is 0 Å². The molecular weight excluding hydrogens is 250 g/mol. The summed E-state index contributed by atoms with van der Waals surface area (Å²) in [6.45, 7) is 2.86. The Bertz CT molecular complexity index is 453. The van der Waals surface area contributed by atoms with Gasteiger partial charge >= 0.3 is 0 Å². The number of Topliss-reactive ketones (excluding diaryl/α,β-unsaturated/α-hetero) is 1. The van der Waals surface area contributed by atoms with Crippen molar-refractivity contribution >= 4 is 17.4 Å². The van der Waals surface area contributed by atoms with Crippen molar-refractivity contribution < 1.29 is 9.53 Å². The van der Waals surface area contributed by atoms with Crippen LogP contribution >= 0.6 is 11.6 Å². The molecule has 1 fully saturated rings. The third-order valence-electron chi connectivity index (χ3n) is 3.53. The number of hydrogen-bond donors (Lipinski definition) is 1. The van der Waals surface area contributed by atoms with Gasteiger partial charge in [-0.05, 0) is 50.9 Å². The van der Waals surface area contributed by atoms with E-state index in [4.69, 9.17) is 16.3 Å². The third kappa shape index (κ3) is 2.52. The van der Waals surface area contributed by atoms with Crippen LogP contribution in [0.25, 0.3) is 0 Å². The predicted molar refractivity (Wildman–Crippen MR) is 72.6 cm³/mol. The highest BCUT2D eigenvalue weighted by atomic mass is 35.5. The van der Waals surface area contributed by atoms with E-state index in [-0.39, 0.29) is 5.78 Å². The zero-order valence-corrected chi connectivity index (χ0v) is 11.5. The van der Waals surface area contributed by atoms with E-state index in [1.54, 1.807) is 25.3 Å². The molecule has 2 rings (SSSR count). The van der Waals surface area contributed by atoms with E-state index in [0.717, 1.165) is 25.8 Å². The highest BCUT2D eigenvalue weighted by Crippen LogP contribution is 2.29. The van der Waals surface area contributed by atoms with Gasteiger partial charge in [0.15, 0.2) is 5.78 Å². The van der Waals surface area contributed by atoms with Gasteiger partial charge in [-0.2, -0.15) is 0 Å². The molecule has 3 nitrogen and oxygen atoms in total. The number of piperidine rings is 1.